The summed E-state index contributed by atoms with van der Waals surface area (Å²) >= 11 is 5.93. The highest BCUT2D eigenvalue weighted by molar-refractivity contribution is 6.30. The van der Waals surface area contributed by atoms with Gasteiger partial charge in [0.05, 0.1) is 18.4 Å². The minimum absolute atomic E-state index is 0.146. The van der Waals surface area contributed by atoms with Gasteiger partial charge in [0.2, 0.25) is 0 Å². The van der Waals surface area contributed by atoms with E-state index in [4.69, 9.17) is 16.3 Å². The molecule has 0 aliphatic rings. The van der Waals surface area contributed by atoms with Crippen molar-refractivity contribution in [1.82, 2.24) is 19.3 Å². The average molecular weight is 367 g/mol. The fourth-order valence-corrected chi connectivity index (χ4v) is 2.86. The van der Waals surface area contributed by atoms with E-state index in [0.717, 1.165) is 5.69 Å². The lowest BCUT2D eigenvalue weighted by Crippen LogP contribution is -2.23. The Morgan fingerprint density at radius 3 is 2.73 bits per heavy atom. The molecule has 0 unspecified atom stereocenters. The first kappa shape index (κ1) is 16.4. The first-order valence-electron chi connectivity index (χ1n) is 8.09. The molecule has 2 heterocycles. The Morgan fingerprint density at radius 1 is 1.08 bits per heavy atom. The molecule has 0 atom stereocenters. The number of hydrogen-bond donors (Lipinski definition) is 0. The van der Waals surface area contributed by atoms with Crippen LogP contribution in [0.3, 0.4) is 0 Å². The summed E-state index contributed by atoms with van der Waals surface area (Å²) in [6, 6.07) is 16.7. The van der Waals surface area contributed by atoms with E-state index in [2.05, 4.69) is 10.1 Å². The number of hydrogen-bond acceptors (Lipinski definition) is 4. The lowest BCUT2D eigenvalue weighted by Gasteiger charge is -2.08. The maximum atomic E-state index is 12.7. The minimum atomic E-state index is -0.146. The van der Waals surface area contributed by atoms with Gasteiger partial charge in [-0.25, -0.2) is 9.67 Å². The van der Waals surface area contributed by atoms with Crippen LogP contribution in [-0.4, -0.2) is 25.9 Å². The average Bonchev–Trinajstić information content (AvgIpc) is 3.09. The van der Waals surface area contributed by atoms with E-state index < -0.39 is 0 Å². The van der Waals surface area contributed by atoms with E-state index in [1.807, 2.05) is 42.5 Å². The number of halogens is 1. The van der Waals surface area contributed by atoms with Gasteiger partial charge in [0.25, 0.3) is 5.56 Å². The molecule has 0 aliphatic carbocycles. The molecule has 2 aromatic carbocycles. The summed E-state index contributed by atoms with van der Waals surface area (Å²) in [5, 5.41) is 5.38. The Bertz CT molecular complexity index is 1110. The number of fused-ring (bicyclic) bond motifs is 1. The Labute approximate surface area is 154 Å². The Balaban J connectivity index is 1.56. The fraction of sp³-hybridized carbons (Fsp3) is 0.105. The summed E-state index contributed by atoms with van der Waals surface area (Å²) in [6.07, 6.45) is 3.07. The van der Waals surface area contributed by atoms with Crippen LogP contribution in [0.25, 0.3) is 16.7 Å². The highest BCUT2D eigenvalue weighted by Crippen LogP contribution is 2.17. The van der Waals surface area contributed by atoms with Crippen molar-refractivity contribution in [2.75, 3.05) is 6.61 Å². The van der Waals surface area contributed by atoms with E-state index in [-0.39, 0.29) is 5.56 Å². The summed E-state index contributed by atoms with van der Waals surface area (Å²) in [4.78, 5) is 17.1. The van der Waals surface area contributed by atoms with Crippen LogP contribution in [0.2, 0.25) is 5.02 Å². The van der Waals surface area contributed by atoms with Crippen LogP contribution >= 0.6 is 11.6 Å². The maximum Gasteiger partial charge on any atom is 0.264 e. The molecule has 0 N–H and O–H groups in total. The van der Waals surface area contributed by atoms with Gasteiger partial charge in [-0.2, -0.15) is 5.10 Å². The van der Waals surface area contributed by atoms with Crippen LogP contribution in [0.5, 0.6) is 5.75 Å². The van der Waals surface area contributed by atoms with Crippen molar-refractivity contribution in [3.63, 3.8) is 0 Å². The van der Waals surface area contributed by atoms with Crippen molar-refractivity contribution in [2.24, 2.45) is 0 Å². The summed E-state index contributed by atoms with van der Waals surface area (Å²) in [5.41, 5.74) is 1.25. The molecule has 0 saturated carbocycles. The third-order valence-electron chi connectivity index (χ3n) is 3.95. The normalized spacial score (nSPS) is 11.0. The Hall–Kier alpha value is -3.12. The molecule has 0 fully saturated rings. The Kier molecular flexibility index (Phi) is 4.41. The van der Waals surface area contributed by atoms with Crippen molar-refractivity contribution >= 4 is 22.6 Å². The van der Waals surface area contributed by atoms with E-state index in [1.165, 1.54) is 10.9 Å². The molecular weight excluding hydrogens is 352 g/mol. The topological polar surface area (TPSA) is 61.9 Å². The highest BCUT2D eigenvalue weighted by Gasteiger charge is 2.11. The van der Waals surface area contributed by atoms with Crippen molar-refractivity contribution < 1.29 is 4.74 Å². The van der Waals surface area contributed by atoms with Crippen LogP contribution in [0, 0.1) is 0 Å². The molecule has 2 aromatic heterocycles. The SMILES string of the molecule is O=c1c2cnn(-c3ccccc3)c2ncn1CCOc1cccc(Cl)c1. The molecule has 4 aromatic rings. The minimum Gasteiger partial charge on any atom is -0.492 e. The molecule has 0 saturated heterocycles. The predicted molar refractivity (Wildman–Crippen MR) is 100 cm³/mol. The molecule has 0 spiro atoms. The van der Waals surface area contributed by atoms with Gasteiger partial charge in [-0.05, 0) is 30.3 Å². The molecule has 6 nitrogen and oxygen atoms in total. The van der Waals surface area contributed by atoms with Gasteiger partial charge in [-0.3, -0.25) is 9.36 Å². The molecule has 0 aliphatic heterocycles. The molecular formula is C19H15ClN4O2. The monoisotopic (exact) mass is 366 g/mol. The number of aromatic nitrogens is 4. The van der Waals surface area contributed by atoms with Crippen LogP contribution in [0.15, 0.2) is 71.9 Å². The van der Waals surface area contributed by atoms with Crippen LogP contribution < -0.4 is 10.3 Å². The van der Waals surface area contributed by atoms with E-state index in [9.17, 15) is 4.79 Å². The van der Waals surface area contributed by atoms with Crippen molar-refractivity contribution in [3.8, 4) is 11.4 Å². The number of para-hydroxylation sites is 1. The largest absolute Gasteiger partial charge is 0.492 e. The maximum absolute atomic E-state index is 12.7. The third kappa shape index (κ3) is 3.19. The van der Waals surface area contributed by atoms with E-state index in [1.54, 1.807) is 23.0 Å². The lowest BCUT2D eigenvalue weighted by molar-refractivity contribution is 0.296. The zero-order valence-corrected chi connectivity index (χ0v) is 14.5. The molecule has 0 radical (unpaired) electrons. The summed E-state index contributed by atoms with van der Waals surface area (Å²) in [5.74, 6) is 0.663. The summed E-state index contributed by atoms with van der Waals surface area (Å²) < 4.78 is 8.81. The Morgan fingerprint density at radius 2 is 1.92 bits per heavy atom. The zero-order valence-electron chi connectivity index (χ0n) is 13.7. The lowest BCUT2D eigenvalue weighted by atomic mass is 10.3. The van der Waals surface area contributed by atoms with Gasteiger partial charge >= 0.3 is 0 Å². The molecule has 7 heteroatoms. The van der Waals surface area contributed by atoms with Gasteiger partial charge in [0, 0.05) is 5.02 Å². The quantitative estimate of drug-likeness (QED) is 0.543. The molecule has 4 rings (SSSR count). The van der Waals surface area contributed by atoms with Crippen molar-refractivity contribution in [2.45, 2.75) is 6.54 Å². The van der Waals surface area contributed by atoms with Crippen LogP contribution in [0.4, 0.5) is 0 Å². The molecule has 130 valence electrons. The summed E-state index contributed by atoms with van der Waals surface area (Å²) in [6.45, 7) is 0.713. The molecule has 26 heavy (non-hydrogen) atoms. The van der Waals surface area contributed by atoms with Crippen LogP contribution in [0.1, 0.15) is 0 Å². The van der Waals surface area contributed by atoms with Gasteiger partial charge in [-0.1, -0.05) is 35.9 Å². The standard InChI is InChI=1S/C19H15ClN4O2/c20-14-5-4-8-16(11-14)26-10-9-23-13-21-18-17(19(23)25)12-22-24(18)15-6-2-1-3-7-15/h1-8,11-13H,9-10H2. The predicted octanol–water partition coefficient (Wildman–Crippen LogP) is 3.31. The summed E-state index contributed by atoms with van der Waals surface area (Å²) in [7, 11) is 0. The molecule has 0 amide bonds. The zero-order chi connectivity index (χ0) is 17.9. The van der Waals surface area contributed by atoms with Gasteiger partial charge in [-0.15, -0.1) is 0 Å². The second-order valence-corrected chi connectivity index (χ2v) is 6.11. The van der Waals surface area contributed by atoms with Gasteiger partial charge < -0.3 is 4.74 Å². The van der Waals surface area contributed by atoms with Crippen LogP contribution in [-0.2, 0) is 6.54 Å². The highest BCUT2D eigenvalue weighted by atomic mass is 35.5. The number of nitrogens with zero attached hydrogens (tertiary/aromatic N) is 4. The van der Waals surface area contributed by atoms with Crippen molar-refractivity contribution in [3.05, 3.63) is 82.5 Å². The fourth-order valence-electron chi connectivity index (χ4n) is 2.68. The molecule has 0 bridgehead atoms. The second kappa shape index (κ2) is 7.01. The third-order valence-corrected chi connectivity index (χ3v) is 4.19. The number of rotatable bonds is 5. The van der Waals surface area contributed by atoms with E-state index in [0.29, 0.717) is 35.0 Å². The number of ether oxygens (including phenoxy) is 1. The first-order valence-corrected chi connectivity index (χ1v) is 8.47. The van der Waals surface area contributed by atoms with Crippen molar-refractivity contribution in [1.29, 1.82) is 0 Å². The number of benzene rings is 2. The smallest absolute Gasteiger partial charge is 0.264 e. The van der Waals surface area contributed by atoms with E-state index >= 15 is 0 Å². The second-order valence-electron chi connectivity index (χ2n) is 5.68. The first-order chi connectivity index (χ1) is 12.7. The van der Waals surface area contributed by atoms with Gasteiger partial charge in [0.15, 0.2) is 5.65 Å². The van der Waals surface area contributed by atoms with Gasteiger partial charge in [0.1, 0.15) is 24.1 Å².